The fraction of sp³-hybridized carbons (Fsp3) is 0.615. The van der Waals surface area contributed by atoms with E-state index in [1.165, 1.54) is 25.7 Å². The molecule has 1 heterocycles. The minimum atomic E-state index is -0.201. The Hall–Kier alpha value is -1.65. The number of rotatable bonds is 4. The number of carbonyl (C=O) groups is 1. The number of carbonyl (C=O) groups excluding carboxylic acids is 1. The summed E-state index contributed by atoms with van der Waals surface area (Å²) in [4.78, 5) is 13.5. The molecule has 2 rings (SSSR count). The highest BCUT2D eigenvalue weighted by Gasteiger charge is 2.17. The van der Waals surface area contributed by atoms with Gasteiger partial charge in [0.05, 0.1) is 0 Å². The van der Waals surface area contributed by atoms with Crippen molar-refractivity contribution in [3.05, 3.63) is 17.8 Å². The van der Waals surface area contributed by atoms with Crippen molar-refractivity contribution < 1.29 is 4.79 Å². The molecule has 1 N–H and O–H groups in total. The molecule has 98 valence electrons. The first-order valence-corrected chi connectivity index (χ1v) is 6.47. The van der Waals surface area contributed by atoms with Crippen LogP contribution in [0.1, 0.15) is 36.2 Å². The van der Waals surface area contributed by atoms with Gasteiger partial charge in [-0.3, -0.25) is 4.79 Å². The van der Waals surface area contributed by atoms with Gasteiger partial charge in [0.15, 0.2) is 11.5 Å². The third-order valence-electron chi connectivity index (χ3n) is 3.51. The molecule has 0 saturated heterocycles. The summed E-state index contributed by atoms with van der Waals surface area (Å²) in [5, 5.41) is 10.6. The molecule has 0 bridgehead atoms. The summed E-state index contributed by atoms with van der Waals surface area (Å²) >= 11 is 0. The van der Waals surface area contributed by atoms with Gasteiger partial charge < -0.3 is 10.2 Å². The zero-order valence-corrected chi connectivity index (χ0v) is 11.0. The predicted octanol–water partition coefficient (Wildman–Crippen LogP) is 1.46. The molecule has 0 aliphatic heterocycles. The zero-order chi connectivity index (χ0) is 13.0. The van der Waals surface area contributed by atoms with Gasteiger partial charge in [-0.2, -0.15) is 0 Å². The summed E-state index contributed by atoms with van der Waals surface area (Å²) in [6.07, 6.45) is 5.32. The van der Waals surface area contributed by atoms with E-state index in [1.807, 2.05) is 13.1 Å². The van der Waals surface area contributed by atoms with Crippen LogP contribution in [0.3, 0.4) is 0 Å². The Kier molecular flexibility index (Phi) is 4.12. The second kappa shape index (κ2) is 5.80. The van der Waals surface area contributed by atoms with E-state index < -0.39 is 0 Å². The van der Waals surface area contributed by atoms with Crippen molar-refractivity contribution in [3.8, 4) is 0 Å². The van der Waals surface area contributed by atoms with E-state index in [0.29, 0.717) is 5.69 Å². The van der Waals surface area contributed by atoms with Crippen molar-refractivity contribution in [1.82, 2.24) is 15.5 Å². The Bertz CT molecular complexity index is 398. The van der Waals surface area contributed by atoms with Crippen molar-refractivity contribution >= 4 is 11.7 Å². The van der Waals surface area contributed by atoms with Gasteiger partial charge in [0, 0.05) is 20.6 Å². The van der Waals surface area contributed by atoms with E-state index in [-0.39, 0.29) is 5.91 Å². The van der Waals surface area contributed by atoms with Crippen LogP contribution in [0.15, 0.2) is 12.1 Å². The molecule has 1 saturated carbocycles. The van der Waals surface area contributed by atoms with Gasteiger partial charge in [0.25, 0.3) is 5.91 Å². The predicted molar refractivity (Wildman–Crippen MR) is 70.7 cm³/mol. The number of aromatic nitrogens is 2. The smallest absolute Gasteiger partial charge is 0.271 e. The molecule has 1 aromatic heterocycles. The Morgan fingerprint density at radius 2 is 2.11 bits per heavy atom. The van der Waals surface area contributed by atoms with Crippen molar-refractivity contribution in [3.63, 3.8) is 0 Å². The average molecular weight is 248 g/mol. The SMILES string of the molecule is CNC(=O)c1ccc(N(C)CC2CCCC2)nn1. The molecule has 5 heteroatoms. The molecule has 18 heavy (non-hydrogen) atoms. The first-order valence-electron chi connectivity index (χ1n) is 6.47. The topological polar surface area (TPSA) is 58.1 Å². The standard InChI is InChI=1S/C13H20N4O/c1-14-13(18)11-7-8-12(16-15-11)17(2)9-10-5-3-4-6-10/h7-8,10H,3-6,9H2,1-2H3,(H,14,18). The molecule has 1 fully saturated rings. The molecule has 1 aliphatic carbocycles. The van der Waals surface area contributed by atoms with Gasteiger partial charge in [0.2, 0.25) is 0 Å². The van der Waals surface area contributed by atoms with E-state index in [4.69, 9.17) is 0 Å². The highest BCUT2D eigenvalue weighted by molar-refractivity contribution is 5.91. The van der Waals surface area contributed by atoms with Crippen LogP contribution >= 0.6 is 0 Å². The molecule has 0 atom stereocenters. The van der Waals surface area contributed by atoms with Crippen molar-refractivity contribution in [2.75, 3.05) is 25.5 Å². The van der Waals surface area contributed by atoms with Crippen LogP contribution in [0.4, 0.5) is 5.82 Å². The number of nitrogens with zero attached hydrogens (tertiary/aromatic N) is 3. The maximum absolute atomic E-state index is 11.3. The number of amides is 1. The summed E-state index contributed by atoms with van der Waals surface area (Å²) in [5.41, 5.74) is 0.357. The Labute approximate surface area is 108 Å². The fourth-order valence-electron chi connectivity index (χ4n) is 2.45. The van der Waals surface area contributed by atoms with Crippen LogP contribution in [0.25, 0.3) is 0 Å². The second-order valence-corrected chi connectivity index (χ2v) is 4.89. The number of hydrogen-bond donors (Lipinski definition) is 1. The van der Waals surface area contributed by atoms with Gasteiger partial charge in [-0.25, -0.2) is 0 Å². The Balaban J connectivity index is 1.97. The fourth-order valence-corrected chi connectivity index (χ4v) is 2.45. The molecule has 0 spiro atoms. The molecular formula is C13H20N4O. The van der Waals surface area contributed by atoms with Gasteiger partial charge in [0.1, 0.15) is 0 Å². The average Bonchev–Trinajstić information content (AvgIpc) is 2.91. The van der Waals surface area contributed by atoms with Crippen LogP contribution in [0.5, 0.6) is 0 Å². The third kappa shape index (κ3) is 2.97. The number of nitrogens with one attached hydrogen (secondary N) is 1. The minimum Gasteiger partial charge on any atom is -0.358 e. The molecular weight excluding hydrogens is 228 g/mol. The van der Waals surface area contributed by atoms with Gasteiger partial charge in [-0.1, -0.05) is 12.8 Å². The summed E-state index contributed by atoms with van der Waals surface area (Å²) in [7, 11) is 3.62. The molecule has 0 aromatic carbocycles. The number of anilines is 1. The molecule has 1 amide bonds. The minimum absolute atomic E-state index is 0.201. The summed E-state index contributed by atoms with van der Waals surface area (Å²) in [6, 6.07) is 3.57. The van der Waals surface area contributed by atoms with Gasteiger partial charge in [-0.05, 0) is 30.9 Å². The maximum atomic E-state index is 11.3. The highest BCUT2D eigenvalue weighted by atomic mass is 16.1. The summed E-state index contributed by atoms with van der Waals surface area (Å²) in [6.45, 7) is 1.02. The lowest BCUT2D eigenvalue weighted by molar-refractivity contribution is 0.0957. The largest absolute Gasteiger partial charge is 0.358 e. The van der Waals surface area contributed by atoms with Crippen LogP contribution in [0, 0.1) is 5.92 Å². The zero-order valence-electron chi connectivity index (χ0n) is 11.0. The van der Waals surface area contributed by atoms with Gasteiger partial charge in [-0.15, -0.1) is 10.2 Å². The van der Waals surface area contributed by atoms with E-state index in [9.17, 15) is 4.79 Å². The van der Waals surface area contributed by atoms with Gasteiger partial charge >= 0.3 is 0 Å². The normalized spacial score (nSPS) is 15.7. The second-order valence-electron chi connectivity index (χ2n) is 4.89. The van der Waals surface area contributed by atoms with E-state index in [2.05, 4.69) is 20.4 Å². The lowest BCUT2D eigenvalue weighted by atomic mass is 10.1. The molecule has 5 nitrogen and oxygen atoms in total. The lowest BCUT2D eigenvalue weighted by Gasteiger charge is -2.21. The lowest BCUT2D eigenvalue weighted by Crippen LogP contribution is -2.26. The van der Waals surface area contributed by atoms with Crippen LogP contribution < -0.4 is 10.2 Å². The summed E-state index contributed by atoms with van der Waals surface area (Å²) in [5.74, 6) is 1.40. The quantitative estimate of drug-likeness (QED) is 0.876. The van der Waals surface area contributed by atoms with E-state index >= 15 is 0 Å². The number of hydrogen-bond acceptors (Lipinski definition) is 4. The maximum Gasteiger partial charge on any atom is 0.271 e. The molecule has 1 aliphatic rings. The molecule has 1 aromatic rings. The van der Waals surface area contributed by atoms with Crippen LogP contribution in [0.2, 0.25) is 0 Å². The third-order valence-corrected chi connectivity index (χ3v) is 3.51. The Morgan fingerprint density at radius 3 is 2.67 bits per heavy atom. The summed E-state index contributed by atoms with van der Waals surface area (Å²) < 4.78 is 0. The van der Waals surface area contributed by atoms with E-state index in [1.54, 1.807) is 13.1 Å². The monoisotopic (exact) mass is 248 g/mol. The van der Waals surface area contributed by atoms with Crippen molar-refractivity contribution in [1.29, 1.82) is 0 Å². The first-order chi connectivity index (χ1) is 8.70. The van der Waals surface area contributed by atoms with Crippen LogP contribution in [-0.4, -0.2) is 36.7 Å². The Morgan fingerprint density at radius 1 is 1.39 bits per heavy atom. The highest BCUT2D eigenvalue weighted by Crippen LogP contribution is 2.26. The molecule has 0 radical (unpaired) electrons. The van der Waals surface area contributed by atoms with Crippen molar-refractivity contribution in [2.24, 2.45) is 5.92 Å². The van der Waals surface area contributed by atoms with Crippen molar-refractivity contribution in [2.45, 2.75) is 25.7 Å². The molecule has 0 unspecified atom stereocenters. The van der Waals surface area contributed by atoms with E-state index in [0.717, 1.165) is 18.3 Å². The van der Waals surface area contributed by atoms with Crippen LogP contribution in [-0.2, 0) is 0 Å². The first kappa shape index (κ1) is 12.8.